The summed E-state index contributed by atoms with van der Waals surface area (Å²) >= 11 is 0. The van der Waals surface area contributed by atoms with Crippen molar-refractivity contribution in [2.45, 2.75) is 180 Å². The third-order valence-electron chi connectivity index (χ3n) is 8.38. The molecular formula is C37H76NO7P. The molecule has 0 spiro atoms. The van der Waals surface area contributed by atoms with Gasteiger partial charge < -0.3 is 27.9 Å². The van der Waals surface area contributed by atoms with Gasteiger partial charge in [0, 0.05) is 13.0 Å². The number of hydrogen-bond acceptors (Lipinski definition) is 7. The van der Waals surface area contributed by atoms with Crippen LogP contribution in [-0.4, -0.2) is 70.7 Å². The van der Waals surface area contributed by atoms with E-state index in [0.29, 0.717) is 24.1 Å². The first kappa shape index (κ1) is 45.5. The van der Waals surface area contributed by atoms with Gasteiger partial charge in [-0.15, -0.1) is 0 Å². The maximum atomic E-state index is 12.1. The van der Waals surface area contributed by atoms with E-state index in [1.165, 1.54) is 135 Å². The van der Waals surface area contributed by atoms with Gasteiger partial charge in [-0.1, -0.05) is 155 Å². The van der Waals surface area contributed by atoms with Gasteiger partial charge in [-0.3, -0.25) is 9.36 Å². The fraction of sp³-hybridized carbons (Fsp3) is 0.973. The molecule has 46 heavy (non-hydrogen) atoms. The number of phosphoric ester groups is 1. The van der Waals surface area contributed by atoms with Gasteiger partial charge in [-0.25, -0.2) is 0 Å². The summed E-state index contributed by atoms with van der Waals surface area (Å²) in [4.78, 5) is 24.1. The molecule has 8 nitrogen and oxygen atoms in total. The minimum Gasteiger partial charge on any atom is -0.756 e. The lowest BCUT2D eigenvalue weighted by molar-refractivity contribution is -0.870. The number of carbonyl (C=O) groups is 1. The van der Waals surface area contributed by atoms with Crippen molar-refractivity contribution in [3.8, 4) is 0 Å². The lowest BCUT2D eigenvalue weighted by Gasteiger charge is -2.28. The van der Waals surface area contributed by atoms with E-state index in [9.17, 15) is 14.3 Å². The number of quaternary nitrogens is 1. The fourth-order valence-corrected chi connectivity index (χ4v) is 6.14. The van der Waals surface area contributed by atoms with Crippen molar-refractivity contribution in [2.75, 3.05) is 54.1 Å². The van der Waals surface area contributed by atoms with Gasteiger partial charge in [0.05, 0.1) is 34.4 Å². The fourth-order valence-electron chi connectivity index (χ4n) is 5.41. The number of likely N-dealkylation sites (N-methyl/N-ethyl adjacent to an activating group) is 1. The number of nitrogens with zero attached hydrogens (tertiary/aromatic N) is 1. The van der Waals surface area contributed by atoms with Crippen LogP contribution in [0, 0.1) is 0 Å². The molecule has 0 rings (SSSR count). The average molecular weight is 678 g/mol. The first-order valence-corrected chi connectivity index (χ1v) is 20.7. The first-order valence-electron chi connectivity index (χ1n) is 19.3. The van der Waals surface area contributed by atoms with Crippen LogP contribution in [0.3, 0.4) is 0 Å². The van der Waals surface area contributed by atoms with Gasteiger partial charge in [-0.05, 0) is 12.8 Å². The Morgan fingerprint density at radius 1 is 0.587 bits per heavy atom. The van der Waals surface area contributed by atoms with Crippen LogP contribution in [0.4, 0.5) is 0 Å². The number of hydrogen-bond donors (Lipinski definition) is 0. The molecule has 0 radical (unpaired) electrons. The summed E-state index contributed by atoms with van der Waals surface area (Å²) in [5, 5.41) is 0. The zero-order valence-corrected chi connectivity index (χ0v) is 31.9. The molecule has 0 N–H and O–H groups in total. The Hall–Kier alpha value is -0.500. The number of ether oxygens (including phenoxy) is 2. The molecule has 2 unspecified atom stereocenters. The molecule has 0 fully saturated rings. The Morgan fingerprint density at radius 3 is 1.39 bits per heavy atom. The number of carbonyl (C=O) groups excluding carboxylic acids is 1. The number of esters is 1. The van der Waals surface area contributed by atoms with Crippen molar-refractivity contribution in [3.05, 3.63) is 0 Å². The minimum absolute atomic E-state index is 0.0284. The van der Waals surface area contributed by atoms with E-state index in [4.69, 9.17) is 18.5 Å². The average Bonchev–Trinajstić information content (AvgIpc) is 2.99. The molecule has 0 saturated heterocycles. The molecule has 0 amide bonds. The molecule has 0 aromatic rings. The third-order valence-corrected chi connectivity index (χ3v) is 9.34. The Balaban J connectivity index is 3.68. The van der Waals surface area contributed by atoms with Gasteiger partial charge in [0.1, 0.15) is 19.3 Å². The first-order chi connectivity index (χ1) is 22.1. The van der Waals surface area contributed by atoms with Crippen molar-refractivity contribution in [1.29, 1.82) is 0 Å². The third kappa shape index (κ3) is 34.8. The Kier molecular flexibility index (Phi) is 31.4. The highest BCUT2D eigenvalue weighted by molar-refractivity contribution is 7.45. The molecule has 0 aromatic heterocycles. The lowest BCUT2D eigenvalue weighted by Crippen LogP contribution is -2.37. The Morgan fingerprint density at radius 2 is 1.00 bits per heavy atom. The maximum Gasteiger partial charge on any atom is 0.306 e. The second kappa shape index (κ2) is 31.7. The Bertz CT molecular complexity index is 716. The normalized spacial score (nSPS) is 14.0. The van der Waals surface area contributed by atoms with Gasteiger partial charge in [0.2, 0.25) is 0 Å². The number of phosphoric acid groups is 1. The second-order valence-electron chi connectivity index (χ2n) is 14.3. The molecule has 0 aliphatic rings. The zero-order valence-electron chi connectivity index (χ0n) is 31.0. The van der Waals surface area contributed by atoms with Crippen molar-refractivity contribution in [3.63, 3.8) is 0 Å². The van der Waals surface area contributed by atoms with Crippen molar-refractivity contribution < 1.29 is 37.3 Å². The van der Waals surface area contributed by atoms with Crippen molar-refractivity contribution in [1.82, 2.24) is 0 Å². The van der Waals surface area contributed by atoms with E-state index < -0.39 is 13.9 Å². The standard InChI is InChI=1S/C37H76NO7P/c1-6-8-9-10-11-12-13-14-15-16-17-18-19-20-21-22-23-24-25-26-27-28-29-32-42-34-36(45-37(39)30-7-2)35-44-46(40,41)43-33-31-38(3,4)5/h36H,6-35H2,1-5H3. The van der Waals surface area contributed by atoms with Crippen LogP contribution in [0.2, 0.25) is 0 Å². The topological polar surface area (TPSA) is 94.1 Å². The SMILES string of the molecule is CCCCCCCCCCCCCCCCCCCCCCCCCOCC(COP(=O)([O-])OCC[N+](C)(C)C)OC(=O)CCC. The highest BCUT2D eigenvalue weighted by Crippen LogP contribution is 2.38. The molecule has 0 saturated carbocycles. The molecule has 0 aromatic carbocycles. The summed E-state index contributed by atoms with van der Waals surface area (Å²) < 4.78 is 33.8. The van der Waals surface area contributed by atoms with Crippen LogP contribution in [-0.2, 0) is 27.9 Å². The van der Waals surface area contributed by atoms with E-state index in [1.54, 1.807) is 0 Å². The maximum absolute atomic E-state index is 12.1. The molecule has 0 aliphatic heterocycles. The second-order valence-corrected chi connectivity index (χ2v) is 15.7. The summed E-state index contributed by atoms with van der Waals surface area (Å²) in [6.07, 6.45) is 31.4. The van der Waals surface area contributed by atoms with Crippen LogP contribution in [0.5, 0.6) is 0 Å². The highest BCUT2D eigenvalue weighted by Gasteiger charge is 2.20. The zero-order chi connectivity index (χ0) is 34.2. The van der Waals surface area contributed by atoms with E-state index in [-0.39, 0.29) is 32.2 Å². The summed E-state index contributed by atoms with van der Waals surface area (Å²) in [6.45, 7) is 5.07. The molecule has 0 heterocycles. The van der Waals surface area contributed by atoms with E-state index in [2.05, 4.69) is 6.92 Å². The monoisotopic (exact) mass is 678 g/mol. The Labute approximate surface area is 285 Å². The highest BCUT2D eigenvalue weighted by atomic mass is 31.2. The quantitative estimate of drug-likeness (QED) is 0.0282. The molecule has 2 atom stereocenters. The number of unbranched alkanes of at least 4 members (excludes halogenated alkanes) is 22. The predicted octanol–water partition coefficient (Wildman–Crippen LogP) is 9.91. The van der Waals surface area contributed by atoms with Crippen LogP contribution in [0.15, 0.2) is 0 Å². The lowest BCUT2D eigenvalue weighted by atomic mass is 10.0. The molecule has 0 bridgehead atoms. The van der Waals surface area contributed by atoms with Gasteiger partial charge in [-0.2, -0.15) is 0 Å². The summed E-state index contributed by atoms with van der Waals surface area (Å²) in [7, 11) is 1.36. The molecule has 0 aliphatic carbocycles. The van der Waals surface area contributed by atoms with Crippen molar-refractivity contribution >= 4 is 13.8 Å². The van der Waals surface area contributed by atoms with Crippen LogP contribution >= 0.6 is 7.82 Å². The molecular weight excluding hydrogens is 601 g/mol. The van der Waals surface area contributed by atoms with E-state index >= 15 is 0 Å². The summed E-state index contributed by atoms with van der Waals surface area (Å²) in [6, 6.07) is 0. The van der Waals surface area contributed by atoms with E-state index in [1.807, 2.05) is 28.1 Å². The predicted molar refractivity (Wildman–Crippen MR) is 190 cm³/mol. The van der Waals surface area contributed by atoms with Crippen LogP contribution in [0.1, 0.15) is 174 Å². The summed E-state index contributed by atoms with van der Waals surface area (Å²) in [5.74, 6) is -0.383. The van der Waals surface area contributed by atoms with E-state index in [0.717, 1.165) is 12.8 Å². The van der Waals surface area contributed by atoms with Crippen LogP contribution < -0.4 is 4.89 Å². The van der Waals surface area contributed by atoms with Gasteiger partial charge in [0.25, 0.3) is 7.82 Å². The van der Waals surface area contributed by atoms with Crippen molar-refractivity contribution in [2.24, 2.45) is 0 Å². The van der Waals surface area contributed by atoms with Gasteiger partial charge in [0.15, 0.2) is 0 Å². The smallest absolute Gasteiger partial charge is 0.306 e. The van der Waals surface area contributed by atoms with Crippen LogP contribution in [0.25, 0.3) is 0 Å². The minimum atomic E-state index is -4.48. The number of rotatable bonds is 36. The molecule has 276 valence electrons. The molecule has 9 heteroatoms. The summed E-state index contributed by atoms with van der Waals surface area (Å²) in [5.41, 5.74) is 0. The van der Waals surface area contributed by atoms with Gasteiger partial charge >= 0.3 is 5.97 Å². The largest absolute Gasteiger partial charge is 0.756 e.